The van der Waals surface area contributed by atoms with Crippen LogP contribution >= 0.6 is 0 Å². The monoisotopic (exact) mass is 350 g/mol. The number of hydrogen-bond donors (Lipinski definition) is 1. The van der Waals surface area contributed by atoms with Crippen molar-refractivity contribution in [1.82, 2.24) is 9.88 Å². The van der Waals surface area contributed by atoms with Crippen molar-refractivity contribution >= 4 is 15.9 Å². The number of carbonyl (C=O) groups is 1. The number of rotatable bonds is 3. The first-order valence-electron chi connectivity index (χ1n) is 7.54. The summed E-state index contributed by atoms with van der Waals surface area (Å²) < 4.78 is 31.7. The van der Waals surface area contributed by atoms with Gasteiger partial charge in [-0.1, -0.05) is 32.0 Å². The molecule has 2 rings (SSSR count). The molecule has 0 fully saturated rings. The van der Waals surface area contributed by atoms with Crippen molar-refractivity contribution in [1.29, 1.82) is 0 Å². The van der Waals surface area contributed by atoms with E-state index in [0.717, 1.165) is 11.1 Å². The highest BCUT2D eigenvalue weighted by molar-refractivity contribution is 7.90. The Morgan fingerprint density at radius 2 is 1.79 bits per heavy atom. The van der Waals surface area contributed by atoms with Crippen LogP contribution in [0.1, 0.15) is 53.7 Å². The molecule has 0 bridgehead atoms. The molecule has 7 heteroatoms. The number of hydrogen-bond acceptors (Lipinski definition) is 5. The molecule has 1 aromatic heterocycles. The summed E-state index contributed by atoms with van der Waals surface area (Å²) in [6.07, 6.45) is 0. The predicted molar refractivity (Wildman–Crippen MR) is 90.5 cm³/mol. The Morgan fingerprint density at radius 3 is 2.25 bits per heavy atom. The topological polar surface area (TPSA) is 89.3 Å². The van der Waals surface area contributed by atoms with Crippen LogP contribution < -0.4 is 4.72 Å². The fourth-order valence-corrected chi connectivity index (χ4v) is 4.04. The van der Waals surface area contributed by atoms with E-state index in [4.69, 9.17) is 4.52 Å². The molecule has 0 aliphatic rings. The molecule has 130 valence electrons. The Balaban J connectivity index is 2.32. The van der Waals surface area contributed by atoms with Crippen LogP contribution in [0.15, 0.2) is 27.6 Å². The minimum absolute atomic E-state index is 0.0537. The van der Waals surface area contributed by atoms with Crippen LogP contribution in [0.3, 0.4) is 0 Å². The maximum atomic E-state index is 12.4. The van der Waals surface area contributed by atoms with Crippen molar-refractivity contribution < 1.29 is 17.7 Å². The van der Waals surface area contributed by atoms with Crippen molar-refractivity contribution in [2.45, 2.75) is 51.9 Å². The molecule has 0 saturated heterocycles. The standard InChI is InChI=1S/C17H22N2O4S/c1-10-9-13(7-8-14(10)17(4,5)6)16(20)19-24(21,22)15-11(2)18-23-12(15)3/h7-9H,1-6H3,(H,19,20). The molecule has 6 nitrogen and oxygen atoms in total. The number of amides is 1. The Morgan fingerprint density at radius 1 is 1.17 bits per heavy atom. The van der Waals surface area contributed by atoms with E-state index in [1.54, 1.807) is 12.1 Å². The minimum atomic E-state index is -4.03. The summed E-state index contributed by atoms with van der Waals surface area (Å²) in [4.78, 5) is 12.3. The van der Waals surface area contributed by atoms with E-state index in [9.17, 15) is 13.2 Å². The van der Waals surface area contributed by atoms with E-state index in [0.29, 0.717) is 0 Å². The maximum absolute atomic E-state index is 12.4. The van der Waals surface area contributed by atoms with E-state index in [2.05, 4.69) is 30.6 Å². The fourth-order valence-electron chi connectivity index (χ4n) is 2.74. The molecule has 0 spiro atoms. The van der Waals surface area contributed by atoms with Gasteiger partial charge >= 0.3 is 0 Å². The van der Waals surface area contributed by atoms with Crippen molar-refractivity contribution in [2.75, 3.05) is 0 Å². The highest BCUT2D eigenvalue weighted by Gasteiger charge is 2.27. The second-order valence-corrected chi connectivity index (χ2v) is 8.49. The van der Waals surface area contributed by atoms with Gasteiger partial charge in [-0.2, -0.15) is 0 Å². The fraction of sp³-hybridized carbons (Fsp3) is 0.412. The van der Waals surface area contributed by atoms with Gasteiger partial charge in [0.1, 0.15) is 5.69 Å². The lowest BCUT2D eigenvalue weighted by Crippen LogP contribution is -2.31. The third kappa shape index (κ3) is 3.51. The Bertz CT molecular complexity index is 870. The maximum Gasteiger partial charge on any atom is 0.269 e. The number of nitrogens with one attached hydrogen (secondary N) is 1. The van der Waals surface area contributed by atoms with Crippen molar-refractivity contribution in [3.63, 3.8) is 0 Å². The molecule has 0 atom stereocenters. The number of aromatic nitrogens is 1. The SMILES string of the molecule is Cc1cc(C(=O)NS(=O)(=O)c2c(C)noc2C)ccc1C(C)(C)C. The summed E-state index contributed by atoms with van der Waals surface area (Å²) in [6, 6.07) is 5.18. The molecule has 0 aliphatic heterocycles. The van der Waals surface area contributed by atoms with E-state index >= 15 is 0 Å². The van der Waals surface area contributed by atoms with Crippen LogP contribution in [0.5, 0.6) is 0 Å². The van der Waals surface area contributed by atoms with Crippen LogP contribution in [-0.2, 0) is 15.4 Å². The van der Waals surface area contributed by atoms with Gasteiger partial charge in [0, 0.05) is 5.56 Å². The summed E-state index contributed by atoms with van der Waals surface area (Å²) in [5.41, 5.74) is 2.49. The molecule has 1 N–H and O–H groups in total. The first-order chi connectivity index (χ1) is 10.9. The van der Waals surface area contributed by atoms with Crippen molar-refractivity contribution in [3.8, 4) is 0 Å². The lowest BCUT2D eigenvalue weighted by molar-refractivity contribution is 0.0981. The number of nitrogens with zero attached hydrogens (tertiary/aromatic N) is 1. The highest BCUT2D eigenvalue weighted by atomic mass is 32.2. The van der Waals surface area contributed by atoms with Crippen LogP contribution in [0.25, 0.3) is 0 Å². The van der Waals surface area contributed by atoms with Gasteiger partial charge in [-0.15, -0.1) is 0 Å². The average molecular weight is 350 g/mol. The molecule has 0 aliphatic carbocycles. The molecular formula is C17H22N2O4S. The van der Waals surface area contributed by atoms with Gasteiger partial charge in [-0.3, -0.25) is 4.79 Å². The summed E-state index contributed by atoms with van der Waals surface area (Å²) in [7, 11) is -4.03. The second-order valence-electron chi connectivity index (χ2n) is 6.87. The normalized spacial score (nSPS) is 12.2. The quantitative estimate of drug-likeness (QED) is 0.919. The van der Waals surface area contributed by atoms with E-state index < -0.39 is 15.9 Å². The number of benzene rings is 1. The molecule has 1 aromatic carbocycles. The first kappa shape index (κ1) is 18.2. The molecule has 0 unspecified atom stereocenters. The van der Waals surface area contributed by atoms with Crippen LogP contribution in [0.2, 0.25) is 0 Å². The van der Waals surface area contributed by atoms with Gasteiger partial charge in [0.2, 0.25) is 0 Å². The Labute approximate surface area is 142 Å². The summed E-state index contributed by atoms with van der Waals surface area (Å²) >= 11 is 0. The summed E-state index contributed by atoms with van der Waals surface area (Å²) in [6.45, 7) is 11.1. The molecule has 0 radical (unpaired) electrons. The Hall–Kier alpha value is -2.15. The van der Waals surface area contributed by atoms with Gasteiger partial charge in [-0.25, -0.2) is 13.1 Å². The van der Waals surface area contributed by atoms with E-state index in [1.165, 1.54) is 13.8 Å². The van der Waals surface area contributed by atoms with Gasteiger partial charge in [0.25, 0.3) is 15.9 Å². The summed E-state index contributed by atoms with van der Waals surface area (Å²) in [5, 5.41) is 3.61. The smallest absolute Gasteiger partial charge is 0.269 e. The molecule has 2 aromatic rings. The highest BCUT2D eigenvalue weighted by Crippen LogP contribution is 2.26. The third-order valence-electron chi connectivity index (χ3n) is 3.76. The van der Waals surface area contributed by atoms with Crippen LogP contribution in [0, 0.1) is 20.8 Å². The van der Waals surface area contributed by atoms with Gasteiger partial charge in [0.05, 0.1) is 0 Å². The molecule has 0 saturated carbocycles. The zero-order valence-corrected chi connectivity index (χ0v) is 15.5. The number of carbonyl (C=O) groups excluding carboxylic acids is 1. The first-order valence-corrected chi connectivity index (χ1v) is 9.03. The van der Waals surface area contributed by atoms with E-state index in [1.807, 2.05) is 13.0 Å². The lowest BCUT2D eigenvalue weighted by Gasteiger charge is -2.22. The van der Waals surface area contributed by atoms with Crippen molar-refractivity contribution in [3.05, 3.63) is 46.3 Å². The lowest BCUT2D eigenvalue weighted by atomic mass is 9.83. The minimum Gasteiger partial charge on any atom is -0.360 e. The predicted octanol–water partition coefficient (Wildman–Crippen LogP) is 3.02. The largest absolute Gasteiger partial charge is 0.360 e. The number of aryl methyl sites for hydroxylation is 3. The molecular weight excluding hydrogens is 328 g/mol. The van der Waals surface area contributed by atoms with Gasteiger partial charge in [-0.05, 0) is 49.4 Å². The number of sulfonamides is 1. The van der Waals surface area contributed by atoms with Crippen LogP contribution in [-0.4, -0.2) is 19.5 Å². The van der Waals surface area contributed by atoms with Crippen LogP contribution in [0.4, 0.5) is 0 Å². The van der Waals surface area contributed by atoms with Crippen molar-refractivity contribution in [2.24, 2.45) is 0 Å². The van der Waals surface area contributed by atoms with Gasteiger partial charge < -0.3 is 4.52 Å². The summed E-state index contributed by atoms with van der Waals surface area (Å²) in [5.74, 6) is -0.536. The third-order valence-corrected chi connectivity index (χ3v) is 5.33. The molecule has 1 amide bonds. The molecule has 1 heterocycles. The second kappa shape index (κ2) is 6.05. The van der Waals surface area contributed by atoms with E-state index in [-0.39, 0.29) is 27.3 Å². The van der Waals surface area contributed by atoms with Gasteiger partial charge in [0.15, 0.2) is 10.7 Å². The Kier molecular flexibility index (Phi) is 4.59. The average Bonchev–Trinajstić information content (AvgIpc) is 2.76. The zero-order chi connectivity index (χ0) is 18.3. The molecule has 24 heavy (non-hydrogen) atoms. The zero-order valence-electron chi connectivity index (χ0n) is 14.7.